The van der Waals surface area contributed by atoms with Gasteiger partial charge in [-0.15, -0.1) is 0 Å². The molecule has 0 bridgehead atoms. The molecule has 29 heavy (non-hydrogen) atoms. The van der Waals surface area contributed by atoms with Gasteiger partial charge in [0, 0.05) is 12.1 Å². The van der Waals surface area contributed by atoms with E-state index in [0.29, 0.717) is 28.7 Å². The largest absolute Gasteiger partial charge is 0.508 e. The SMILES string of the molecule is CC(C)c1cc(-c2n[nH]c(=O)n2-c2ccc3c(c2)CC(N(C)C)C3)c(O)cc1O. The molecule has 7 nitrogen and oxygen atoms in total. The Balaban J connectivity index is 1.83. The first-order valence-electron chi connectivity index (χ1n) is 9.78. The molecule has 0 amide bonds. The molecule has 1 heterocycles. The summed E-state index contributed by atoms with van der Waals surface area (Å²) in [5, 5.41) is 27.2. The van der Waals surface area contributed by atoms with Gasteiger partial charge in [-0.05, 0) is 67.7 Å². The number of fused-ring (bicyclic) bond motifs is 1. The average molecular weight is 394 g/mol. The highest BCUT2D eigenvalue weighted by atomic mass is 16.3. The predicted octanol–water partition coefficient (Wildman–Crippen LogP) is 2.79. The van der Waals surface area contributed by atoms with Crippen molar-refractivity contribution in [1.82, 2.24) is 19.7 Å². The van der Waals surface area contributed by atoms with Crippen LogP contribution in [0.3, 0.4) is 0 Å². The minimum atomic E-state index is -0.374. The lowest BCUT2D eigenvalue weighted by molar-refractivity contribution is 0.303. The number of rotatable bonds is 4. The Morgan fingerprint density at radius 2 is 1.83 bits per heavy atom. The van der Waals surface area contributed by atoms with Crippen molar-refractivity contribution >= 4 is 0 Å². The van der Waals surface area contributed by atoms with E-state index in [2.05, 4.69) is 35.3 Å². The number of aromatic amines is 1. The molecular formula is C22H26N4O3. The van der Waals surface area contributed by atoms with Gasteiger partial charge >= 0.3 is 5.69 Å². The summed E-state index contributed by atoms with van der Waals surface area (Å²) < 4.78 is 1.47. The molecule has 3 N–H and O–H groups in total. The molecule has 0 fully saturated rings. The number of aromatic nitrogens is 3. The lowest BCUT2D eigenvalue weighted by Gasteiger charge is -2.17. The van der Waals surface area contributed by atoms with Crippen LogP contribution in [0.25, 0.3) is 17.1 Å². The number of aromatic hydroxyl groups is 2. The first-order valence-corrected chi connectivity index (χ1v) is 9.78. The van der Waals surface area contributed by atoms with Crippen LogP contribution < -0.4 is 5.69 Å². The molecule has 0 saturated heterocycles. The fourth-order valence-electron chi connectivity index (χ4n) is 4.04. The van der Waals surface area contributed by atoms with E-state index in [-0.39, 0.29) is 23.1 Å². The topological polar surface area (TPSA) is 94.4 Å². The van der Waals surface area contributed by atoms with Gasteiger partial charge in [-0.25, -0.2) is 14.5 Å². The normalized spacial score (nSPS) is 16.0. The van der Waals surface area contributed by atoms with Gasteiger partial charge in [0.05, 0.1) is 11.3 Å². The number of hydrogen-bond acceptors (Lipinski definition) is 5. The predicted molar refractivity (Wildman–Crippen MR) is 112 cm³/mol. The molecule has 0 aliphatic heterocycles. The summed E-state index contributed by atoms with van der Waals surface area (Å²) in [6, 6.07) is 9.46. The molecule has 1 aliphatic carbocycles. The minimum absolute atomic E-state index is 0.0259. The third-order valence-corrected chi connectivity index (χ3v) is 5.77. The lowest BCUT2D eigenvalue weighted by atomic mass is 9.98. The number of phenolic OH excluding ortho intramolecular Hbond substituents is 2. The van der Waals surface area contributed by atoms with Gasteiger partial charge in [-0.3, -0.25) is 0 Å². The molecule has 0 saturated carbocycles. The first-order chi connectivity index (χ1) is 13.8. The summed E-state index contributed by atoms with van der Waals surface area (Å²) in [6.07, 6.45) is 1.92. The summed E-state index contributed by atoms with van der Waals surface area (Å²) >= 11 is 0. The second kappa shape index (κ2) is 7.08. The summed E-state index contributed by atoms with van der Waals surface area (Å²) in [6.45, 7) is 3.91. The molecule has 0 radical (unpaired) electrons. The Morgan fingerprint density at radius 1 is 1.10 bits per heavy atom. The maximum Gasteiger partial charge on any atom is 0.348 e. The second-order valence-electron chi connectivity index (χ2n) is 8.25. The van der Waals surface area contributed by atoms with Gasteiger partial charge in [0.2, 0.25) is 0 Å². The van der Waals surface area contributed by atoms with Gasteiger partial charge in [0.1, 0.15) is 11.5 Å². The molecule has 1 aliphatic rings. The first kappa shape index (κ1) is 19.3. The fourth-order valence-corrected chi connectivity index (χ4v) is 4.04. The minimum Gasteiger partial charge on any atom is -0.508 e. The average Bonchev–Trinajstić information content (AvgIpc) is 3.24. The number of nitrogens with zero attached hydrogens (tertiary/aromatic N) is 3. The molecule has 7 heteroatoms. The quantitative estimate of drug-likeness (QED) is 0.633. The molecule has 1 aromatic heterocycles. The molecule has 1 unspecified atom stereocenters. The van der Waals surface area contributed by atoms with Crippen molar-refractivity contribution in [3.8, 4) is 28.6 Å². The monoisotopic (exact) mass is 394 g/mol. The molecule has 1 atom stereocenters. The Labute approximate surface area is 169 Å². The van der Waals surface area contributed by atoms with E-state index in [4.69, 9.17) is 0 Å². The van der Waals surface area contributed by atoms with Crippen LogP contribution in [0.15, 0.2) is 35.1 Å². The van der Waals surface area contributed by atoms with Gasteiger partial charge in [-0.1, -0.05) is 19.9 Å². The van der Waals surface area contributed by atoms with Crippen molar-refractivity contribution in [2.75, 3.05) is 14.1 Å². The van der Waals surface area contributed by atoms with Crippen LogP contribution in [0, 0.1) is 0 Å². The highest BCUT2D eigenvalue weighted by Crippen LogP contribution is 2.37. The van der Waals surface area contributed by atoms with Gasteiger partial charge in [0.25, 0.3) is 0 Å². The Bertz CT molecular complexity index is 1130. The van der Waals surface area contributed by atoms with Crippen LogP contribution in [0.1, 0.15) is 36.5 Å². The van der Waals surface area contributed by atoms with Crippen molar-refractivity contribution in [1.29, 1.82) is 0 Å². The molecule has 4 rings (SSSR count). The van der Waals surface area contributed by atoms with Gasteiger partial charge < -0.3 is 15.1 Å². The van der Waals surface area contributed by atoms with Crippen LogP contribution in [0.2, 0.25) is 0 Å². The maximum atomic E-state index is 12.6. The zero-order chi connectivity index (χ0) is 20.9. The van der Waals surface area contributed by atoms with Crippen LogP contribution in [-0.2, 0) is 12.8 Å². The second-order valence-corrected chi connectivity index (χ2v) is 8.25. The van der Waals surface area contributed by atoms with Crippen molar-refractivity contribution in [3.63, 3.8) is 0 Å². The number of likely N-dealkylation sites (N-methyl/N-ethyl adjacent to an activating group) is 1. The van der Waals surface area contributed by atoms with Crippen LogP contribution in [0.4, 0.5) is 0 Å². The molecule has 0 spiro atoms. The van der Waals surface area contributed by atoms with E-state index >= 15 is 0 Å². The summed E-state index contributed by atoms with van der Waals surface area (Å²) in [5.41, 5.74) is 3.92. The zero-order valence-electron chi connectivity index (χ0n) is 17.1. The zero-order valence-corrected chi connectivity index (χ0v) is 17.1. The Morgan fingerprint density at radius 3 is 2.52 bits per heavy atom. The maximum absolute atomic E-state index is 12.6. The smallest absolute Gasteiger partial charge is 0.348 e. The van der Waals surface area contributed by atoms with Crippen LogP contribution in [0.5, 0.6) is 11.5 Å². The van der Waals surface area contributed by atoms with E-state index in [1.165, 1.54) is 21.8 Å². The number of phenols is 2. The Kier molecular flexibility index (Phi) is 4.70. The van der Waals surface area contributed by atoms with E-state index in [1.54, 1.807) is 6.07 Å². The number of hydrogen-bond donors (Lipinski definition) is 3. The van der Waals surface area contributed by atoms with E-state index in [0.717, 1.165) is 12.8 Å². The molecule has 2 aromatic carbocycles. The van der Waals surface area contributed by atoms with Crippen molar-refractivity contribution in [2.24, 2.45) is 0 Å². The molecule has 152 valence electrons. The van der Waals surface area contributed by atoms with Gasteiger partial charge in [-0.2, -0.15) is 5.10 Å². The lowest BCUT2D eigenvalue weighted by Crippen LogP contribution is -2.27. The van der Waals surface area contributed by atoms with Crippen LogP contribution in [-0.4, -0.2) is 50.0 Å². The van der Waals surface area contributed by atoms with E-state index < -0.39 is 0 Å². The number of benzene rings is 2. The van der Waals surface area contributed by atoms with Crippen molar-refractivity contribution in [2.45, 2.75) is 38.6 Å². The number of H-pyrrole nitrogens is 1. The molecule has 3 aromatic rings. The summed E-state index contributed by atoms with van der Waals surface area (Å²) in [4.78, 5) is 14.8. The van der Waals surface area contributed by atoms with Gasteiger partial charge in [0.15, 0.2) is 5.82 Å². The van der Waals surface area contributed by atoms with Crippen molar-refractivity contribution in [3.05, 3.63) is 57.5 Å². The van der Waals surface area contributed by atoms with E-state index in [1.807, 2.05) is 26.0 Å². The third-order valence-electron chi connectivity index (χ3n) is 5.77. The fraction of sp³-hybridized carbons (Fsp3) is 0.364. The van der Waals surface area contributed by atoms with Crippen LogP contribution >= 0.6 is 0 Å². The highest BCUT2D eigenvalue weighted by Gasteiger charge is 2.25. The van der Waals surface area contributed by atoms with Crippen molar-refractivity contribution < 1.29 is 10.2 Å². The Hall–Kier alpha value is -3.06. The summed E-state index contributed by atoms with van der Waals surface area (Å²) in [7, 11) is 4.16. The highest BCUT2D eigenvalue weighted by molar-refractivity contribution is 5.69. The third kappa shape index (κ3) is 3.31. The molecular weight excluding hydrogens is 368 g/mol. The number of nitrogens with one attached hydrogen (secondary N) is 1. The summed E-state index contributed by atoms with van der Waals surface area (Å²) in [5.74, 6) is 0.270. The standard InChI is InChI=1S/C22H26N4O3/c1-12(2)17-10-18(20(28)11-19(17)27)21-23-24-22(29)26(21)15-6-5-13-7-16(25(3)4)9-14(13)8-15/h5-6,8,10-12,16,27-28H,7,9H2,1-4H3,(H,24,29). The van der Waals surface area contributed by atoms with E-state index in [9.17, 15) is 15.0 Å².